The minimum atomic E-state index is -0.815. The van der Waals surface area contributed by atoms with Crippen molar-refractivity contribution in [3.05, 3.63) is 23.5 Å². The summed E-state index contributed by atoms with van der Waals surface area (Å²) in [6, 6.07) is 0. The van der Waals surface area contributed by atoms with Crippen molar-refractivity contribution in [2.45, 2.75) is 52.6 Å². The van der Waals surface area contributed by atoms with Crippen molar-refractivity contribution in [1.82, 2.24) is 4.90 Å². The molecule has 0 radical (unpaired) electrons. The van der Waals surface area contributed by atoms with Gasteiger partial charge in [0, 0.05) is 6.54 Å². The molecule has 1 atom stereocenters. The van der Waals surface area contributed by atoms with Crippen LogP contribution in [0, 0.1) is 0 Å². The van der Waals surface area contributed by atoms with Gasteiger partial charge in [0.05, 0.1) is 0 Å². The largest absolute Gasteiger partial charge is 0.492 e. The molecule has 0 aromatic carbocycles. The van der Waals surface area contributed by atoms with Gasteiger partial charge in [-0.25, -0.2) is 4.39 Å². The Hall–Kier alpha value is -0.830. The summed E-state index contributed by atoms with van der Waals surface area (Å²) < 4.78 is 19.0. The van der Waals surface area contributed by atoms with Crippen LogP contribution in [-0.2, 0) is 4.74 Å². The first-order valence-corrected chi connectivity index (χ1v) is 7.63. The van der Waals surface area contributed by atoms with Crippen LogP contribution in [0.2, 0.25) is 0 Å². The summed E-state index contributed by atoms with van der Waals surface area (Å²) >= 11 is 0. The van der Waals surface area contributed by atoms with Crippen molar-refractivity contribution in [2.75, 3.05) is 26.2 Å². The molecule has 0 aromatic heterocycles. The number of rotatable bonds is 4. The third-order valence-corrected chi connectivity index (χ3v) is 3.54. The molecule has 0 aromatic rings. The van der Waals surface area contributed by atoms with Gasteiger partial charge in [0.15, 0.2) is 0 Å². The van der Waals surface area contributed by atoms with Crippen molar-refractivity contribution in [2.24, 2.45) is 0 Å². The van der Waals surface area contributed by atoms with Gasteiger partial charge in [0.25, 0.3) is 0 Å². The molecule has 0 bridgehead atoms. The number of ether oxygens (including phenoxy) is 1. The first kappa shape index (κ1) is 16.2. The van der Waals surface area contributed by atoms with Gasteiger partial charge in [-0.15, -0.1) is 0 Å². The summed E-state index contributed by atoms with van der Waals surface area (Å²) in [6.07, 6.45) is 6.61. The van der Waals surface area contributed by atoms with Gasteiger partial charge in [-0.3, -0.25) is 4.90 Å². The summed E-state index contributed by atoms with van der Waals surface area (Å²) in [5.41, 5.74) is 1.17. The zero-order chi connectivity index (χ0) is 14.1. The van der Waals surface area contributed by atoms with Gasteiger partial charge in [-0.2, -0.15) is 0 Å². The normalized spacial score (nSPS) is 23.9. The molecule has 1 aliphatic carbocycles. The molecule has 1 saturated heterocycles. The van der Waals surface area contributed by atoms with E-state index in [1.54, 1.807) is 12.2 Å². The molecule has 2 rings (SSSR count). The van der Waals surface area contributed by atoms with E-state index in [0.717, 1.165) is 18.7 Å². The number of alkyl halides is 1. The second-order valence-electron chi connectivity index (χ2n) is 4.96. The first-order chi connectivity index (χ1) is 9.25. The fourth-order valence-corrected chi connectivity index (χ4v) is 2.37. The number of halogens is 1. The Labute approximate surface area is 117 Å². The van der Waals surface area contributed by atoms with E-state index in [4.69, 9.17) is 4.74 Å². The first-order valence-electron chi connectivity index (χ1n) is 7.63. The van der Waals surface area contributed by atoms with Crippen molar-refractivity contribution in [1.29, 1.82) is 0 Å². The zero-order valence-corrected chi connectivity index (χ0v) is 12.6. The Morgan fingerprint density at radius 1 is 1.32 bits per heavy atom. The molecule has 0 spiro atoms. The number of allylic oxidation sites excluding steroid dienone is 3. The Balaban J connectivity index is 0.000000861. The molecule has 1 aliphatic heterocycles. The lowest BCUT2D eigenvalue weighted by Crippen LogP contribution is -2.23. The summed E-state index contributed by atoms with van der Waals surface area (Å²) in [4.78, 5) is 2.42. The van der Waals surface area contributed by atoms with E-state index in [0.29, 0.717) is 13.0 Å². The van der Waals surface area contributed by atoms with Gasteiger partial charge in [0.1, 0.15) is 18.5 Å². The molecular formula is C16H28FNO. The van der Waals surface area contributed by atoms with Crippen LogP contribution >= 0.6 is 0 Å². The number of hydrogen-bond acceptors (Lipinski definition) is 2. The number of nitrogens with zero attached hydrogens (tertiary/aromatic N) is 1. The van der Waals surface area contributed by atoms with Gasteiger partial charge in [-0.1, -0.05) is 13.8 Å². The van der Waals surface area contributed by atoms with Gasteiger partial charge in [-0.05, 0) is 63.4 Å². The molecule has 19 heavy (non-hydrogen) atoms. The predicted octanol–water partition coefficient (Wildman–Crippen LogP) is 4.09. The summed E-state index contributed by atoms with van der Waals surface area (Å²) in [5.74, 6) is 0.879. The molecular weight excluding hydrogens is 241 g/mol. The minimum Gasteiger partial charge on any atom is -0.492 e. The standard InChI is InChI=1S/C14H22FNO.C2H6/c1-12-4-5-13(15)6-7-14(12)17-11-10-16-8-2-3-9-16;1-2/h6-7,13H,2-5,8-11H2,1H3;1-2H3. The second-order valence-corrected chi connectivity index (χ2v) is 4.96. The lowest BCUT2D eigenvalue weighted by Gasteiger charge is -2.16. The molecule has 110 valence electrons. The van der Waals surface area contributed by atoms with E-state index in [2.05, 4.69) is 4.90 Å². The van der Waals surface area contributed by atoms with E-state index in [-0.39, 0.29) is 0 Å². The highest BCUT2D eigenvalue weighted by Gasteiger charge is 2.13. The highest BCUT2D eigenvalue weighted by atomic mass is 19.1. The maximum atomic E-state index is 13.2. The van der Waals surface area contributed by atoms with Crippen molar-refractivity contribution >= 4 is 0 Å². The van der Waals surface area contributed by atoms with Crippen LogP contribution in [0.15, 0.2) is 23.5 Å². The number of hydrogen-bond donors (Lipinski definition) is 0. The van der Waals surface area contributed by atoms with Gasteiger partial charge in [0.2, 0.25) is 0 Å². The fraction of sp³-hybridized carbons (Fsp3) is 0.750. The van der Waals surface area contributed by atoms with Crippen LogP contribution in [0.4, 0.5) is 4.39 Å². The highest BCUT2D eigenvalue weighted by molar-refractivity contribution is 5.22. The summed E-state index contributed by atoms with van der Waals surface area (Å²) in [5, 5.41) is 0. The van der Waals surface area contributed by atoms with E-state index in [1.165, 1.54) is 31.5 Å². The fourth-order valence-electron chi connectivity index (χ4n) is 2.37. The smallest absolute Gasteiger partial charge is 0.119 e. The topological polar surface area (TPSA) is 12.5 Å². The molecule has 2 aliphatic rings. The van der Waals surface area contributed by atoms with E-state index >= 15 is 0 Å². The van der Waals surface area contributed by atoms with Gasteiger partial charge >= 0.3 is 0 Å². The zero-order valence-electron chi connectivity index (χ0n) is 12.6. The van der Waals surface area contributed by atoms with Crippen LogP contribution in [0.3, 0.4) is 0 Å². The van der Waals surface area contributed by atoms with Crippen molar-refractivity contribution in [3.8, 4) is 0 Å². The molecule has 1 unspecified atom stereocenters. The molecule has 3 heteroatoms. The molecule has 0 N–H and O–H groups in total. The third-order valence-electron chi connectivity index (χ3n) is 3.54. The van der Waals surface area contributed by atoms with Crippen LogP contribution in [0.5, 0.6) is 0 Å². The quantitative estimate of drug-likeness (QED) is 0.762. The number of likely N-dealkylation sites (tertiary alicyclic amines) is 1. The van der Waals surface area contributed by atoms with Crippen molar-refractivity contribution < 1.29 is 9.13 Å². The highest BCUT2D eigenvalue weighted by Crippen LogP contribution is 2.21. The van der Waals surface area contributed by atoms with E-state index in [1.807, 2.05) is 20.8 Å². The molecule has 1 heterocycles. The minimum absolute atomic E-state index is 0.585. The Bertz CT molecular complexity index is 306. The van der Waals surface area contributed by atoms with Crippen LogP contribution < -0.4 is 0 Å². The maximum Gasteiger partial charge on any atom is 0.119 e. The average molecular weight is 269 g/mol. The molecule has 2 nitrogen and oxygen atoms in total. The van der Waals surface area contributed by atoms with E-state index < -0.39 is 6.17 Å². The summed E-state index contributed by atoms with van der Waals surface area (Å²) in [7, 11) is 0. The lowest BCUT2D eigenvalue weighted by atomic mass is 10.1. The third kappa shape index (κ3) is 5.77. The Kier molecular flexibility index (Phi) is 7.80. The Morgan fingerprint density at radius 3 is 2.68 bits per heavy atom. The van der Waals surface area contributed by atoms with Crippen LogP contribution in [-0.4, -0.2) is 37.3 Å². The summed E-state index contributed by atoms with van der Waals surface area (Å²) in [6.45, 7) is 10.1. The van der Waals surface area contributed by atoms with E-state index in [9.17, 15) is 4.39 Å². The Morgan fingerprint density at radius 2 is 2.00 bits per heavy atom. The van der Waals surface area contributed by atoms with Crippen molar-refractivity contribution in [3.63, 3.8) is 0 Å². The maximum absolute atomic E-state index is 13.2. The van der Waals surface area contributed by atoms with Crippen LogP contribution in [0.1, 0.15) is 46.5 Å². The van der Waals surface area contributed by atoms with Crippen LogP contribution in [0.25, 0.3) is 0 Å². The SMILES string of the molecule is CC.CC1=C(OCCN2CCCC2)C=CC(F)CC1. The van der Waals surface area contributed by atoms with Gasteiger partial charge < -0.3 is 4.74 Å². The predicted molar refractivity (Wildman–Crippen MR) is 78.9 cm³/mol. The monoisotopic (exact) mass is 269 g/mol. The molecule has 0 amide bonds. The lowest BCUT2D eigenvalue weighted by molar-refractivity contribution is 0.177. The second kappa shape index (κ2) is 9.13. The molecule has 0 saturated carbocycles. The average Bonchev–Trinajstić information content (AvgIpc) is 2.89. The molecule has 1 fully saturated rings.